The molecule has 13 heavy (non-hydrogen) atoms. The molecule has 3 fully saturated rings. The summed E-state index contributed by atoms with van der Waals surface area (Å²) >= 11 is 0. The van der Waals surface area contributed by atoms with Crippen LogP contribution in [-0.2, 0) is 4.79 Å². The summed E-state index contributed by atoms with van der Waals surface area (Å²) in [5, 5.41) is 12.4. The van der Waals surface area contributed by atoms with Gasteiger partial charge in [-0.05, 0) is 40.0 Å². The van der Waals surface area contributed by atoms with Crippen LogP contribution in [0.1, 0.15) is 40.0 Å². The van der Waals surface area contributed by atoms with Crippen LogP contribution in [-0.4, -0.2) is 22.2 Å². The molecule has 0 heterocycles. The van der Waals surface area contributed by atoms with E-state index in [0.717, 1.165) is 19.3 Å². The smallest absolute Gasteiger partial charge is 0.309 e. The van der Waals surface area contributed by atoms with E-state index < -0.39 is 5.97 Å². The van der Waals surface area contributed by atoms with E-state index in [1.165, 1.54) is 0 Å². The lowest BCUT2D eigenvalue weighted by molar-refractivity contribution is -0.202. The Labute approximate surface area is 78.5 Å². The first kappa shape index (κ1) is 9.00. The minimum atomic E-state index is -0.606. The zero-order valence-corrected chi connectivity index (χ0v) is 8.48. The van der Waals surface area contributed by atoms with Gasteiger partial charge < -0.3 is 10.4 Å². The summed E-state index contributed by atoms with van der Waals surface area (Å²) in [7, 11) is 0. The summed E-state index contributed by atoms with van der Waals surface area (Å²) in [6.07, 6.45) is 2.48. The van der Waals surface area contributed by atoms with E-state index >= 15 is 0 Å². The summed E-state index contributed by atoms with van der Waals surface area (Å²) in [6.45, 7) is 6.38. The highest BCUT2D eigenvalue weighted by Gasteiger charge is 2.72. The van der Waals surface area contributed by atoms with Crippen molar-refractivity contribution >= 4 is 5.97 Å². The summed E-state index contributed by atoms with van der Waals surface area (Å²) in [5.74, 6) is -0.606. The van der Waals surface area contributed by atoms with Crippen LogP contribution < -0.4 is 5.32 Å². The van der Waals surface area contributed by atoms with Crippen molar-refractivity contribution in [2.75, 3.05) is 0 Å². The van der Waals surface area contributed by atoms with Gasteiger partial charge in [0.25, 0.3) is 0 Å². The predicted octanol–water partition coefficient (Wildman–Crippen LogP) is 1.38. The van der Waals surface area contributed by atoms with Crippen LogP contribution >= 0.6 is 0 Å². The van der Waals surface area contributed by atoms with Gasteiger partial charge in [0.1, 0.15) is 0 Å². The van der Waals surface area contributed by atoms with Crippen molar-refractivity contribution in [2.45, 2.75) is 51.1 Å². The molecule has 74 valence electrons. The largest absolute Gasteiger partial charge is 0.481 e. The number of carbonyl (C=O) groups is 1. The van der Waals surface area contributed by atoms with Crippen LogP contribution in [0.5, 0.6) is 0 Å². The Kier molecular flexibility index (Phi) is 1.44. The summed E-state index contributed by atoms with van der Waals surface area (Å²) < 4.78 is 0. The van der Waals surface area contributed by atoms with Crippen molar-refractivity contribution in [3.05, 3.63) is 0 Å². The van der Waals surface area contributed by atoms with Gasteiger partial charge >= 0.3 is 5.97 Å². The first-order valence-corrected chi connectivity index (χ1v) is 4.80. The van der Waals surface area contributed by atoms with Gasteiger partial charge in [0, 0.05) is 11.1 Å². The maximum atomic E-state index is 10.8. The zero-order valence-electron chi connectivity index (χ0n) is 8.48. The Balaban J connectivity index is 1.94. The fraction of sp³-hybridized carbons (Fsp3) is 0.900. The Bertz CT molecular complexity index is 245. The van der Waals surface area contributed by atoms with Crippen molar-refractivity contribution in [1.29, 1.82) is 0 Å². The second-order valence-electron chi connectivity index (χ2n) is 5.77. The molecule has 0 aromatic rings. The summed E-state index contributed by atoms with van der Waals surface area (Å²) in [6, 6.07) is 0. The Morgan fingerprint density at radius 2 is 1.77 bits per heavy atom. The maximum absolute atomic E-state index is 10.8. The number of nitrogens with one attached hydrogen (secondary N) is 1. The Morgan fingerprint density at radius 3 is 2.08 bits per heavy atom. The van der Waals surface area contributed by atoms with Crippen molar-refractivity contribution in [1.82, 2.24) is 5.32 Å². The predicted molar refractivity (Wildman–Crippen MR) is 49.5 cm³/mol. The van der Waals surface area contributed by atoms with Gasteiger partial charge in [-0.2, -0.15) is 0 Å². The maximum Gasteiger partial charge on any atom is 0.309 e. The van der Waals surface area contributed by atoms with Crippen LogP contribution in [0.3, 0.4) is 0 Å². The normalized spacial score (nSPS) is 42.1. The highest BCUT2D eigenvalue weighted by atomic mass is 16.4. The molecule has 0 saturated heterocycles. The van der Waals surface area contributed by atoms with E-state index in [1.807, 2.05) is 0 Å². The monoisotopic (exact) mass is 183 g/mol. The zero-order chi connectivity index (χ0) is 9.91. The molecule has 0 spiro atoms. The summed E-state index contributed by atoms with van der Waals surface area (Å²) in [4.78, 5) is 10.8. The van der Waals surface area contributed by atoms with Gasteiger partial charge in [0.05, 0.1) is 5.41 Å². The standard InChI is InChI=1S/C10H17NO2/c1-8(2,3)11-10-4-9(5-10,6-10)7(12)13/h11H,4-6H2,1-3H3,(H,12,13). The number of carboxylic acid groups (broad SMARTS) is 1. The minimum absolute atomic E-state index is 0.102. The fourth-order valence-corrected chi connectivity index (χ4v) is 2.94. The van der Waals surface area contributed by atoms with E-state index in [2.05, 4.69) is 26.1 Å². The third kappa shape index (κ3) is 1.17. The second-order valence-corrected chi connectivity index (χ2v) is 5.77. The lowest BCUT2D eigenvalue weighted by atomic mass is 9.39. The van der Waals surface area contributed by atoms with Gasteiger partial charge in [-0.3, -0.25) is 4.79 Å². The molecular weight excluding hydrogens is 166 g/mol. The molecule has 2 bridgehead atoms. The van der Waals surface area contributed by atoms with Crippen LogP contribution in [0.2, 0.25) is 0 Å². The summed E-state index contributed by atoms with van der Waals surface area (Å²) in [5.41, 5.74) is -0.0834. The van der Waals surface area contributed by atoms with Crippen LogP contribution in [0.25, 0.3) is 0 Å². The highest BCUT2D eigenvalue weighted by Crippen LogP contribution is 2.67. The number of aliphatic carboxylic acids is 1. The molecular formula is C10H17NO2. The first-order valence-electron chi connectivity index (χ1n) is 4.80. The van der Waals surface area contributed by atoms with Crippen molar-refractivity contribution in [2.24, 2.45) is 5.41 Å². The molecule has 3 nitrogen and oxygen atoms in total. The fourth-order valence-electron chi connectivity index (χ4n) is 2.94. The molecule has 3 heteroatoms. The third-order valence-corrected chi connectivity index (χ3v) is 3.12. The SMILES string of the molecule is CC(C)(C)NC12CC(C(=O)O)(C1)C2. The van der Waals surface area contributed by atoms with Crippen LogP contribution in [0.15, 0.2) is 0 Å². The van der Waals surface area contributed by atoms with Crippen molar-refractivity contribution in [3.8, 4) is 0 Å². The number of rotatable bonds is 2. The minimum Gasteiger partial charge on any atom is -0.481 e. The van der Waals surface area contributed by atoms with E-state index in [0.29, 0.717) is 0 Å². The van der Waals surface area contributed by atoms with Gasteiger partial charge in [-0.25, -0.2) is 0 Å². The van der Waals surface area contributed by atoms with Crippen molar-refractivity contribution < 1.29 is 9.90 Å². The van der Waals surface area contributed by atoms with E-state index in [4.69, 9.17) is 5.11 Å². The lowest BCUT2D eigenvalue weighted by Gasteiger charge is -2.69. The number of hydrogen-bond acceptors (Lipinski definition) is 2. The first-order chi connectivity index (χ1) is 5.77. The highest BCUT2D eigenvalue weighted by molar-refractivity contribution is 5.80. The van der Waals surface area contributed by atoms with Crippen LogP contribution in [0.4, 0.5) is 0 Å². The molecule has 0 aromatic carbocycles. The third-order valence-electron chi connectivity index (χ3n) is 3.12. The quantitative estimate of drug-likeness (QED) is 0.680. The van der Waals surface area contributed by atoms with Gasteiger partial charge in [-0.15, -0.1) is 0 Å². The van der Waals surface area contributed by atoms with E-state index in [-0.39, 0.29) is 16.5 Å². The Hall–Kier alpha value is -0.570. The lowest BCUT2D eigenvalue weighted by Crippen LogP contribution is -2.78. The molecule has 0 aromatic heterocycles. The van der Waals surface area contributed by atoms with Gasteiger partial charge in [0.15, 0.2) is 0 Å². The molecule has 3 saturated carbocycles. The molecule has 0 aliphatic heterocycles. The van der Waals surface area contributed by atoms with E-state index in [9.17, 15) is 4.79 Å². The molecule has 0 atom stereocenters. The average Bonchev–Trinajstić information content (AvgIpc) is 1.71. The number of carboxylic acids is 1. The number of hydrogen-bond donors (Lipinski definition) is 2. The second kappa shape index (κ2) is 2.08. The molecule has 2 N–H and O–H groups in total. The molecule has 3 rings (SSSR count). The van der Waals surface area contributed by atoms with E-state index in [1.54, 1.807) is 0 Å². The van der Waals surface area contributed by atoms with Crippen LogP contribution in [0, 0.1) is 5.41 Å². The van der Waals surface area contributed by atoms with Gasteiger partial charge in [0.2, 0.25) is 0 Å². The van der Waals surface area contributed by atoms with Crippen molar-refractivity contribution in [3.63, 3.8) is 0 Å². The average molecular weight is 183 g/mol. The molecule has 3 aliphatic rings. The molecule has 3 aliphatic carbocycles. The molecule has 0 unspecified atom stereocenters. The molecule has 0 amide bonds. The van der Waals surface area contributed by atoms with Gasteiger partial charge in [-0.1, -0.05) is 0 Å². The topological polar surface area (TPSA) is 49.3 Å². The molecule has 0 radical (unpaired) electrons. The Morgan fingerprint density at radius 1 is 1.31 bits per heavy atom.